The number of carbonyl (C=O) groups excluding carboxylic acids is 1. The SMILES string of the molecule is COc1ccc(C(=O)NC(=S)Nc2ccc(Cc3nc4ccccc4o3)cc2)cc1Cl. The Kier molecular flexibility index (Phi) is 6.16. The molecule has 1 amide bonds. The van der Waals surface area contributed by atoms with Crippen molar-refractivity contribution in [3.05, 3.63) is 88.8 Å². The first-order valence-electron chi connectivity index (χ1n) is 9.41. The number of aromatic nitrogens is 1. The number of amides is 1. The molecule has 0 aliphatic rings. The van der Waals surface area contributed by atoms with Gasteiger partial charge in [0.15, 0.2) is 16.6 Å². The number of nitrogens with zero attached hydrogens (tertiary/aromatic N) is 1. The minimum Gasteiger partial charge on any atom is -0.495 e. The summed E-state index contributed by atoms with van der Waals surface area (Å²) in [7, 11) is 1.51. The molecule has 0 aliphatic carbocycles. The minimum absolute atomic E-state index is 0.184. The molecule has 0 radical (unpaired) electrons. The predicted octanol–water partition coefficient (Wildman–Crippen LogP) is 5.21. The van der Waals surface area contributed by atoms with E-state index in [2.05, 4.69) is 15.6 Å². The summed E-state index contributed by atoms with van der Waals surface area (Å²) in [5, 5.41) is 6.17. The van der Waals surface area contributed by atoms with Gasteiger partial charge in [-0.3, -0.25) is 10.1 Å². The van der Waals surface area contributed by atoms with Crippen LogP contribution in [0.5, 0.6) is 5.75 Å². The van der Waals surface area contributed by atoms with Gasteiger partial charge in [-0.15, -0.1) is 0 Å². The number of ether oxygens (including phenoxy) is 1. The van der Waals surface area contributed by atoms with Crippen molar-refractivity contribution in [1.82, 2.24) is 10.3 Å². The van der Waals surface area contributed by atoms with Crippen LogP contribution in [0.2, 0.25) is 5.02 Å². The fraction of sp³-hybridized carbons (Fsp3) is 0.0870. The Bertz CT molecular complexity index is 1220. The molecule has 0 spiro atoms. The van der Waals surface area contributed by atoms with Crippen LogP contribution in [0.25, 0.3) is 11.1 Å². The van der Waals surface area contributed by atoms with Crippen LogP contribution >= 0.6 is 23.8 Å². The van der Waals surface area contributed by atoms with Gasteiger partial charge in [0.1, 0.15) is 11.3 Å². The Labute approximate surface area is 189 Å². The molecule has 0 saturated heterocycles. The smallest absolute Gasteiger partial charge is 0.257 e. The zero-order valence-corrected chi connectivity index (χ0v) is 18.1. The highest BCUT2D eigenvalue weighted by Crippen LogP contribution is 2.25. The molecule has 0 unspecified atom stereocenters. The number of thiocarbonyl (C=S) groups is 1. The zero-order valence-electron chi connectivity index (χ0n) is 16.5. The van der Waals surface area contributed by atoms with E-state index < -0.39 is 0 Å². The summed E-state index contributed by atoms with van der Waals surface area (Å²) in [6.45, 7) is 0. The van der Waals surface area contributed by atoms with Crippen LogP contribution in [-0.4, -0.2) is 23.1 Å². The molecule has 3 aromatic carbocycles. The van der Waals surface area contributed by atoms with Gasteiger partial charge in [-0.05, 0) is 60.2 Å². The average Bonchev–Trinajstić information content (AvgIpc) is 3.17. The first-order valence-corrected chi connectivity index (χ1v) is 10.2. The number of halogens is 1. The van der Waals surface area contributed by atoms with E-state index in [-0.39, 0.29) is 11.0 Å². The molecule has 0 bridgehead atoms. The maximum atomic E-state index is 12.4. The van der Waals surface area contributed by atoms with Gasteiger partial charge in [-0.2, -0.15) is 0 Å². The number of carbonyl (C=O) groups is 1. The quantitative estimate of drug-likeness (QED) is 0.406. The highest BCUT2D eigenvalue weighted by atomic mass is 35.5. The number of anilines is 1. The third-order valence-electron chi connectivity index (χ3n) is 4.55. The Hall–Kier alpha value is -3.42. The number of rotatable bonds is 5. The Morgan fingerprint density at radius 1 is 1.13 bits per heavy atom. The van der Waals surface area contributed by atoms with Gasteiger partial charge < -0.3 is 14.5 Å². The number of hydrogen-bond acceptors (Lipinski definition) is 5. The van der Waals surface area contributed by atoms with Crippen LogP contribution in [0.15, 0.2) is 71.1 Å². The molecule has 1 aromatic heterocycles. The standard InChI is InChI=1S/C23H18ClN3O3S/c1-29-19-11-8-15(13-17(19)24)22(28)27-23(31)25-16-9-6-14(7-10-16)12-21-26-18-4-2-3-5-20(18)30-21/h2-11,13H,12H2,1H3,(H2,25,27,28,31). The van der Waals surface area contributed by atoms with Crippen LogP contribution in [-0.2, 0) is 6.42 Å². The van der Waals surface area contributed by atoms with Crippen LogP contribution in [0, 0.1) is 0 Å². The van der Waals surface area contributed by atoms with E-state index >= 15 is 0 Å². The highest BCUT2D eigenvalue weighted by Gasteiger charge is 2.11. The van der Waals surface area contributed by atoms with Crippen molar-refractivity contribution in [2.24, 2.45) is 0 Å². The molecular weight excluding hydrogens is 434 g/mol. The molecule has 0 saturated carbocycles. The van der Waals surface area contributed by atoms with Gasteiger partial charge in [0.25, 0.3) is 5.91 Å². The molecule has 4 rings (SSSR count). The number of methoxy groups -OCH3 is 1. The second-order valence-corrected chi connectivity index (χ2v) is 7.52. The largest absolute Gasteiger partial charge is 0.495 e. The van der Waals surface area contributed by atoms with Crippen LogP contribution < -0.4 is 15.4 Å². The van der Waals surface area contributed by atoms with Gasteiger partial charge >= 0.3 is 0 Å². The molecule has 0 atom stereocenters. The van der Waals surface area contributed by atoms with Gasteiger partial charge in [-0.1, -0.05) is 35.9 Å². The summed E-state index contributed by atoms with van der Waals surface area (Å²) in [4.78, 5) is 16.9. The lowest BCUT2D eigenvalue weighted by atomic mass is 10.1. The first kappa shape index (κ1) is 20.8. The lowest BCUT2D eigenvalue weighted by Gasteiger charge is -2.11. The van der Waals surface area contributed by atoms with Gasteiger partial charge in [0.2, 0.25) is 0 Å². The van der Waals surface area contributed by atoms with Crippen LogP contribution in [0.3, 0.4) is 0 Å². The van der Waals surface area contributed by atoms with Gasteiger partial charge in [0, 0.05) is 17.7 Å². The second kappa shape index (κ2) is 9.16. The highest BCUT2D eigenvalue weighted by molar-refractivity contribution is 7.80. The second-order valence-electron chi connectivity index (χ2n) is 6.71. The molecule has 1 heterocycles. The summed E-state index contributed by atoms with van der Waals surface area (Å²) in [6.07, 6.45) is 0.578. The Morgan fingerprint density at radius 2 is 1.90 bits per heavy atom. The fourth-order valence-electron chi connectivity index (χ4n) is 3.02. The number of para-hydroxylation sites is 2. The summed E-state index contributed by atoms with van der Waals surface area (Å²) < 4.78 is 10.9. The summed E-state index contributed by atoms with van der Waals surface area (Å²) in [6, 6.07) is 20.1. The van der Waals surface area contributed by atoms with Crippen molar-refractivity contribution >= 4 is 51.6 Å². The summed E-state index contributed by atoms with van der Waals surface area (Å²) in [5.74, 6) is 0.786. The normalized spacial score (nSPS) is 10.6. The van der Waals surface area contributed by atoms with E-state index in [1.807, 2.05) is 48.5 Å². The monoisotopic (exact) mass is 451 g/mol. The van der Waals surface area contributed by atoms with E-state index in [0.29, 0.717) is 28.6 Å². The predicted molar refractivity (Wildman–Crippen MR) is 125 cm³/mol. The first-order chi connectivity index (χ1) is 15.0. The molecule has 156 valence electrons. The zero-order chi connectivity index (χ0) is 21.8. The molecule has 4 aromatic rings. The lowest BCUT2D eigenvalue weighted by molar-refractivity contribution is 0.0977. The number of benzene rings is 3. The van der Waals surface area contributed by atoms with E-state index in [4.69, 9.17) is 33.0 Å². The van der Waals surface area contributed by atoms with Gasteiger partial charge in [0.05, 0.1) is 12.1 Å². The molecule has 6 nitrogen and oxygen atoms in total. The van der Waals surface area contributed by atoms with Crippen molar-refractivity contribution in [2.45, 2.75) is 6.42 Å². The van der Waals surface area contributed by atoms with Crippen molar-refractivity contribution < 1.29 is 13.9 Å². The van der Waals surface area contributed by atoms with Crippen molar-refractivity contribution in [2.75, 3.05) is 12.4 Å². The van der Waals surface area contributed by atoms with E-state index in [0.717, 1.165) is 22.4 Å². The minimum atomic E-state index is -0.366. The van der Waals surface area contributed by atoms with E-state index in [9.17, 15) is 4.79 Å². The number of oxazole rings is 1. The van der Waals surface area contributed by atoms with E-state index in [1.165, 1.54) is 13.2 Å². The molecule has 2 N–H and O–H groups in total. The van der Waals surface area contributed by atoms with E-state index in [1.54, 1.807) is 12.1 Å². The van der Waals surface area contributed by atoms with Crippen LogP contribution in [0.4, 0.5) is 5.69 Å². The van der Waals surface area contributed by atoms with Crippen LogP contribution in [0.1, 0.15) is 21.8 Å². The molecule has 0 aliphatic heterocycles. The Balaban J connectivity index is 1.35. The summed E-state index contributed by atoms with van der Waals surface area (Å²) in [5.41, 5.74) is 3.79. The third-order valence-corrected chi connectivity index (χ3v) is 5.05. The lowest BCUT2D eigenvalue weighted by Crippen LogP contribution is -2.34. The molecule has 8 heteroatoms. The number of fused-ring (bicyclic) bond motifs is 1. The molecule has 0 fully saturated rings. The van der Waals surface area contributed by atoms with Crippen molar-refractivity contribution in [3.8, 4) is 5.75 Å². The topological polar surface area (TPSA) is 76.4 Å². The maximum Gasteiger partial charge on any atom is 0.257 e. The summed E-state index contributed by atoms with van der Waals surface area (Å²) >= 11 is 11.3. The molecule has 31 heavy (non-hydrogen) atoms. The number of nitrogens with one attached hydrogen (secondary N) is 2. The van der Waals surface area contributed by atoms with Crippen molar-refractivity contribution in [1.29, 1.82) is 0 Å². The maximum absolute atomic E-state index is 12.4. The average molecular weight is 452 g/mol. The molecular formula is C23H18ClN3O3S. The third kappa shape index (κ3) is 5.02. The van der Waals surface area contributed by atoms with Gasteiger partial charge in [-0.25, -0.2) is 4.98 Å². The number of hydrogen-bond donors (Lipinski definition) is 2. The Morgan fingerprint density at radius 3 is 2.61 bits per heavy atom. The fourth-order valence-corrected chi connectivity index (χ4v) is 3.49. The van der Waals surface area contributed by atoms with Crippen molar-refractivity contribution in [3.63, 3.8) is 0 Å².